The number of aromatic carboxylic acids is 1. The number of carboxylic acid groups (broad SMARTS) is 1. The molecule has 2 N–H and O–H groups in total. The van der Waals surface area contributed by atoms with E-state index < -0.39 is 5.97 Å². The zero-order valence-corrected chi connectivity index (χ0v) is 24.9. The Bertz CT molecular complexity index is 1880. The number of carbonyl (C=O) groups is 1. The van der Waals surface area contributed by atoms with E-state index in [-0.39, 0.29) is 5.56 Å². The van der Waals surface area contributed by atoms with Gasteiger partial charge in [0.25, 0.3) is 0 Å². The van der Waals surface area contributed by atoms with Crippen LogP contribution in [0.1, 0.15) is 66.6 Å². The Hall–Kier alpha value is -4.67. The van der Waals surface area contributed by atoms with Crippen molar-refractivity contribution in [3.05, 3.63) is 66.1 Å². The summed E-state index contributed by atoms with van der Waals surface area (Å²) in [5.41, 5.74) is 5.40. The van der Waals surface area contributed by atoms with Crippen molar-refractivity contribution in [3.63, 3.8) is 0 Å². The second-order valence-corrected chi connectivity index (χ2v) is 13.3. The second kappa shape index (κ2) is 10.2. The van der Waals surface area contributed by atoms with Crippen LogP contribution in [-0.4, -0.2) is 50.4 Å². The van der Waals surface area contributed by atoms with E-state index in [0.717, 1.165) is 41.1 Å². The van der Waals surface area contributed by atoms with Gasteiger partial charge in [0.1, 0.15) is 23.4 Å². The molecule has 0 amide bonds. The number of hydrogen-bond acceptors (Lipinski definition) is 8. The van der Waals surface area contributed by atoms with Crippen molar-refractivity contribution < 1.29 is 9.90 Å². The van der Waals surface area contributed by atoms with Crippen LogP contribution in [0.15, 0.2) is 49.3 Å². The van der Waals surface area contributed by atoms with Crippen LogP contribution in [-0.2, 0) is 6.54 Å². The summed E-state index contributed by atoms with van der Waals surface area (Å²) in [5.74, 6) is 2.73. The van der Waals surface area contributed by atoms with Gasteiger partial charge in [-0.1, -0.05) is 12.8 Å². The first-order valence-corrected chi connectivity index (χ1v) is 15.5. The van der Waals surface area contributed by atoms with E-state index >= 15 is 0 Å². The molecule has 4 bridgehead atoms. The molecule has 4 aliphatic rings. The molecule has 11 heteroatoms. The molecule has 2 unspecified atom stereocenters. The summed E-state index contributed by atoms with van der Waals surface area (Å²) in [6, 6.07) is 5.51. The summed E-state index contributed by atoms with van der Waals surface area (Å²) in [7, 11) is 0. The molecular weight excluding hydrogens is 554 g/mol. The van der Waals surface area contributed by atoms with Gasteiger partial charge in [0, 0.05) is 35.8 Å². The maximum absolute atomic E-state index is 12.8. The molecule has 5 aromatic rings. The molecule has 5 aromatic heterocycles. The summed E-state index contributed by atoms with van der Waals surface area (Å²) in [5, 5.41) is 27.2. The van der Waals surface area contributed by atoms with Gasteiger partial charge in [0.15, 0.2) is 11.5 Å². The van der Waals surface area contributed by atoms with E-state index in [9.17, 15) is 9.90 Å². The van der Waals surface area contributed by atoms with Crippen LogP contribution < -0.4 is 5.32 Å². The maximum atomic E-state index is 12.8. The summed E-state index contributed by atoms with van der Waals surface area (Å²) in [6.07, 6.45) is 18.0. The summed E-state index contributed by atoms with van der Waals surface area (Å²) in [4.78, 5) is 25.4. The van der Waals surface area contributed by atoms with Gasteiger partial charge in [0.2, 0.25) is 0 Å². The predicted molar refractivity (Wildman–Crippen MR) is 164 cm³/mol. The van der Waals surface area contributed by atoms with E-state index in [1.165, 1.54) is 51.3 Å². The lowest BCUT2D eigenvalue weighted by Gasteiger charge is -2.48. The van der Waals surface area contributed by atoms with Gasteiger partial charge >= 0.3 is 5.97 Å². The molecule has 44 heavy (non-hydrogen) atoms. The minimum Gasteiger partial charge on any atom is -0.478 e. The third-order valence-corrected chi connectivity index (χ3v) is 10.3. The van der Waals surface area contributed by atoms with Gasteiger partial charge in [-0.3, -0.25) is 9.08 Å². The number of aromatic nitrogens is 8. The van der Waals surface area contributed by atoms with Crippen LogP contribution in [0.4, 0.5) is 11.6 Å². The summed E-state index contributed by atoms with van der Waals surface area (Å²) in [6.45, 7) is 4.91. The lowest BCUT2D eigenvalue weighted by molar-refractivity contribution is 0.0169. The highest BCUT2D eigenvalue weighted by molar-refractivity contribution is 6.02. The zero-order chi connectivity index (χ0) is 30.0. The second-order valence-electron chi connectivity index (χ2n) is 13.3. The molecule has 4 saturated carbocycles. The number of imidazole rings is 1. The molecule has 0 aromatic carbocycles. The molecule has 0 aliphatic heterocycles. The third kappa shape index (κ3) is 4.53. The van der Waals surface area contributed by atoms with Crippen molar-refractivity contribution in [1.29, 1.82) is 0 Å². The minimum absolute atomic E-state index is 0.153. The monoisotopic (exact) mass is 589 g/mol. The molecule has 4 aliphatic carbocycles. The van der Waals surface area contributed by atoms with Crippen LogP contribution in [0.3, 0.4) is 0 Å². The Balaban J connectivity index is 1.12. The Morgan fingerprint density at radius 2 is 1.82 bits per heavy atom. The molecule has 0 saturated heterocycles. The smallest absolute Gasteiger partial charge is 0.340 e. The van der Waals surface area contributed by atoms with Crippen molar-refractivity contribution in [2.45, 2.75) is 65.3 Å². The highest BCUT2D eigenvalue weighted by Crippen LogP contribution is 2.58. The lowest BCUT2D eigenvalue weighted by Crippen LogP contribution is -2.40. The minimum atomic E-state index is -1.03. The van der Waals surface area contributed by atoms with Gasteiger partial charge in [-0.05, 0) is 92.9 Å². The maximum Gasteiger partial charge on any atom is 0.340 e. The fraction of sp³-hybridized carbons (Fsp3) is 0.424. The SMILES string of the molecule is Cc1cc(-c2cnc3c(C(=O)O)c(-c4cnn(CC56CC7CCC(CC(C7)C5)C6)c4C)ccn23)nnc1Nc1ccncn1. The van der Waals surface area contributed by atoms with Crippen LogP contribution >= 0.6 is 0 Å². The number of fused-ring (bicyclic) bond motifs is 2. The fourth-order valence-electron chi connectivity index (χ4n) is 8.65. The topological polar surface area (TPSA) is 136 Å². The largest absolute Gasteiger partial charge is 0.478 e. The van der Waals surface area contributed by atoms with Gasteiger partial charge < -0.3 is 10.4 Å². The third-order valence-electron chi connectivity index (χ3n) is 10.3. The van der Waals surface area contributed by atoms with Crippen LogP contribution in [0.5, 0.6) is 0 Å². The number of pyridine rings is 1. The first-order chi connectivity index (χ1) is 21.4. The zero-order valence-electron chi connectivity index (χ0n) is 24.9. The molecule has 2 atom stereocenters. The first-order valence-electron chi connectivity index (χ1n) is 15.5. The van der Waals surface area contributed by atoms with Gasteiger partial charge in [-0.25, -0.2) is 19.7 Å². The fourth-order valence-corrected chi connectivity index (χ4v) is 8.65. The standard InChI is InChI=1S/C33H35N9O2/c1-19-9-26(39-40-30(19)38-28-5-7-34-18-36-28)27-16-35-31-29(32(43)44)24(6-8-41(27)31)25-15-37-42(20(25)2)17-33-12-21-3-4-22(13-33)11-23(10-21)14-33/h5-9,15-16,18,21-23H,3-4,10-14,17H2,1-2H3,(H,43,44)(H,34,36,38,40). The predicted octanol–water partition coefficient (Wildman–Crippen LogP) is 6.11. The molecule has 11 nitrogen and oxygen atoms in total. The highest BCUT2D eigenvalue weighted by atomic mass is 16.4. The molecule has 224 valence electrons. The summed E-state index contributed by atoms with van der Waals surface area (Å²) >= 11 is 0. The number of aryl methyl sites for hydroxylation is 1. The molecule has 5 heterocycles. The van der Waals surface area contributed by atoms with E-state index in [1.807, 2.05) is 31.5 Å². The van der Waals surface area contributed by atoms with Crippen molar-refractivity contribution in [1.82, 2.24) is 39.3 Å². The molecule has 4 fully saturated rings. The number of anilines is 2. The van der Waals surface area contributed by atoms with Crippen molar-refractivity contribution in [2.75, 3.05) is 5.32 Å². The molecular formula is C33H35N9O2. The number of rotatable bonds is 7. The van der Waals surface area contributed by atoms with E-state index in [1.54, 1.807) is 22.9 Å². The number of nitrogens with zero attached hydrogens (tertiary/aromatic N) is 8. The first kappa shape index (κ1) is 26.9. The van der Waals surface area contributed by atoms with Crippen molar-refractivity contribution in [3.8, 4) is 22.5 Å². The van der Waals surface area contributed by atoms with Gasteiger partial charge in [-0.15, -0.1) is 10.2 Å². The van der Waals surface area contributed by atoms with Crippen LogP contribution in [0, 0.1) is 37.0 Å². The van der Waals surface area contributed by atoms with E-state index in [4.69, 9.17) is 5.10 Å². The number of carboxylic acids is 1. The molecule has 0 spiro atoms. The van der Waals surface area contributed by atoms with E-state index in [0.29, 0.717) is 39.6 Å². The van der Waals surface area contributed by atoms with Crippen LogP contribution in [0.25, 0.3) is 28.2 Å². The normalized spacial score (nSPS) is 24.1. The van der Waals surface area contributed by atoms with Gasteiger partial charge in [0.05, 0.1) is 18.1 Å². The van der Waals surface area contributed by atoms with Crippen LogP contribution in [0.2, 0.25) is 0 Å². The Morgan fingerprint density at radius 1 is 1.02 bits per heavy atom. The van der Waals surface area contributed by atoms with Crippen molar-refractivity contribution >= 4 is 23.3 Å². The molecule has 0 radical (unpaired) electrons. The van der Waals surface area contributed by atoms with Gasteiger partial charge in [-0.2, -0.15) is 5.10 Å². The average molecular weight is 590 g/mol. The Kier molecular flexibility index (Phi) is 6.25. The number of hydrogen-bond donors (Lipinski definition) is 2. The summed E-state index contributed by atoms with van der Waals surface area (Å²) < 4.78 is 3.91. The van der Waals surface area contributed by atoms with Crippen molar-refractivity contribution in [2.24, 2.45) is 23.2 Å². The Labute approximate surface area is 254 Å². The highest BCUT2D eigenvalue weighted by Gasteiger charge is 2.48. The lowest BCUT2D eigenvalue weighted by atomic mass is 9.58. The molecule has 9 rings (SSSR count). The van der Waals surface area contributed by atoms with E-state index in [2.05, 4.69) is 42.1 Å². The quantitative estimate of drug-likeness (QED) is 0.230. The average Bonchev–Trinajstić information content (AvgIpc) is 3.52. The number of nitrogens with one attached hydrogen (secondary N) is 1. The Morgan fingerprint density at radius 3 is 2.55 bits per heavy atom.